The third-order valence-corrected chi connectivity index (χ3v) is 4.65. The van der Waals surface area contributed by atoms with Gasteiger partial charge < -0.3 is 25.3 Å². The van der Waals surface area contributed by atoms with E-state index in [0.29, 0.717) is 13.1 Å². The van der Waals surface area contributed by atoms with Crippen molar-refractivity contribution in [3.63, 3.8) is 0 Å². The molecule has 0 bridgehead atoms. The number of likely N-dealkylation sites (tertiary alicyclic amines) is 1. The lowest BCUT2D eigenvalue weighted by atomic mass is 10.1. The van der Waals surface area contributed by atoms with Gasteiger partial charge in [-0.25, -0.2) is 4.98 Å². The van der Waals surface area contributed by atoms with Gasteiger partial charge in [0.05, 0.1) is 11.9 Å². The summed E-state index contributed by atoms with van der Waals surface area (Å²) < 4.78 is 5.26. The highest BCUT2D eigenvalue weighted by Gasteiger charge is 2.24. The molecule has 2 amide bonds. The van der Waals surface area contributed by atoms with Crippen LogP contribution in [0.3, 0.4) is 0 Å². The predicted octanol–water partition coefficient (Wildman–Crippen LogP) is 1.95. The highest BCUT2D eigenvalue weighted by atomic mass is 16.4. The summed E-state index contributed by atoms with van der Waals surface area (Å²) in [5, 5.41) is 3.50. The zero-order valence-electron chi connectivity index (χ0n) is 15.6. The smallest absolute Gasteiger partial charge is 0.289 e. The second-order valence-corrected chi connectivity index (χ2v) is 6.89. The number of carbonyl (C=O) groups is 2. The van der Waals surface area contributed by atoms with Crippen LogP contribution >= 0.6 is 0 Å². The number of pyridine rings is 1. The minimum Gasteiger partial charge on any atom is -0.446 e. The molecule has 8 heteroatoms. The number of hydrogen-bond acceptors (Lipinski definition) is 6. The molecule has 1 aliphatic heterocycles. The quantitative estimate of drug-likeness (QED) is 0.832. The highest BCUT2D eigenvalue weighted by Crippen LogP contribution is 2.20. The minimum absolute atomic E-state index is 0.00128. The molecule has 0 spiro atoms. The average Bonchev–Trinajstić information content (AvgIpc) is 3.03. The van der Waals surface area contributed by atoms with E-state index in [2.05, 4.69) is 10.3 Å². The number of carbonyl (C=O) groups excluding carboxylic acids is 2. The summed E-state index contributed by atoms with van der Waals surface area (Å²) in [5.74, 6) is 0.176. The Morgan fingerprint density at radius 1 is 1.19 bits per heavy atom. The summed E-state index contributed by atoms with van der Waals surface area (Å²) in [6.07, 6.45) is 4.50. The first-order valence-corrected chi connectivity index (χ1v) is 9.03. The van der Waals surface area contributed by atoms with E-state index in [0.717, 1.165) is 30.8 Å². The lowest BCUT2D eigenvalue weighted by Crippen LogP contribution is -2.32. The zero-order valence-corrected chi connectivity index (χ0v) is 15.6. The first-order chi connectivity index (χ1) is 12.9. The molecule has 1 aliphatic rings. The van der Waals surface area contributed by atoms with E-state index < -0.39 is 5.91 Å². The van der Waals surface area contributed by atoms with E-state index in [1.165, 1.54) is 12.1 Å². The molecule has 1 saturated heterocycles. The number of anilines is 2. The largest absolute Gasteiger partial charge is 0.446 e. The number of nitrogens with zero attached hydrogens (tertiary/aromatic N) is 3. The molecule has 8 nitrogen and oxygen atoms in total. The van der Waals surface area contributed by atoms with E-state index in [1.807, 2.05) is 37.3 Å². The lowest BCUT2D eigenvalue weighted by Gasteiger charge is -2.20. The van der Waals surface area contributed by atoms with Gasteiger partial charge >= 0.3 is 0 Å². The van der Waals surface area contributed by atoms with Crippen molar-refractivity contribution in [3.05, 3.63) is 42.0 Å². The molecule has 1 atom stereocenters. The van der Waals surface area contributed by atoms with Crippen molar-refractivity contribution in [1.29, 1.82) is 0 Å². The zero-order chi connectivity index (χ0) is 19.4. The van der Waals surface area contributed by atoms with Gasteiger partial charge in [0, 0.05) is 33.2 Å². The number of aromatic nitrogens is 1. The molecular formula is C19H25N5O3. The summed E-state index contributed by atoms with van der Waals surface area (Å²) >= 11 is 0. The van der Waals surface area contributed by atoms with Gasteiger partial charge in [-0.15, -0.1) is 0 Å². The van der Waals surface area contributed by atoms with Crippen molar-refractivity contribution in [1.82, 2.24) is 9.88 Å². The number of rotatable bonds is 5. The molecule has 2 aromatic heterocycles. The number of furan rings is 1. The Balaban J connectivity index is 1.58. The highest BCUT2D eigenvalue weighted by molar-refractivity contribution is 5.95. The van der Waals surface area contributed by atoms with Gasteiger partial charge in [0.1, 0.15) is 5.82 Å². The van der Waals surface area contributed by atoms with Crippen LogP contribution < -0.4 is 16.0 Å². The van der Waals surface area contributed by atoms with Gasteiger partial charge in [-0.3, -0.25) is 9.59 Å². The van der Waals surface area contributed by atoms with Crippen LogP contribution in [0.5, 0.6) is 0 Å². The molecule has 0 radical (unpaired) electrons. The van der Waals surface area contributed by atoms with Crippen LogP contribution in [-0.4, -0.2) is 54.9 Å². The molecule has 144 valence electrons. The molecule has 0 saturated carbocycles. The molecule has 1 fully saturated rings. The number of hydrogen-bond donors (Lipinski definition) is 2. The Hall–Kier alpha value is -3.03. The topological polar surface area (TPSA) is 105 Å². The third kappa shape index (κ3) is 4.58. The Morgan fingerprint density at radius 3 is 2.59 bits per heavy atom. The second-order valence-electron chi connectivity index (χ2n) is 6.89. The fourth-order valence-corrected chi connectivity index (χ4v) is 3.16. The molecule has 0 aliphatic carbocycles. The maximum atomic E-state index is 12.6. The molecule has 3 rings (SSSR count). The van der Waals surface area contributed by atoms with Crippen molar-refractivity contribution in [2.75, 3.05) is 37.4 Å². The minimum atomic E-state index is -0.678. The van der Waals surface area contributed by atoms with Crippen LogP contribution in [0.4, 0.5) is 11.5 Å². The molecule has 3 heterocycles. The predicted molar refractivity (Wildman–Crippen MR) is 103 cm³/mol. The van der Waals surface area contributed by atoms with Gasteiger partial charge in [0.15, 0.2) is 11.5 Å². The van der Waals surface area contributed by atoms with Crippen LogP contribution in [0.25, 0.3) is 0 Å². The maximum Gasteiger partial charge on any atom is 0.289 e. The SMILES string of the molecule is CN(C)c1ccc(N[C@@H]2CCCN(C(=O)c3ccc(C(N)=O)o3)CC2)cn1. The second kappa shape index (κ2) is 8.11. The number of primary amides is 1. The Morgan fingerprint density at radius 2 is 1.96 bits per heavy atom. The summed E-state index contributed by atoms with van der Waals surface area (Å²) in [6, 6.07) is 7.20. The molecule has 3 N–H and O–H groups in total. The van der Waals surface area contributed by atoms with Crippen molar-refractivity contribution in [2.24, 2.45) is 5.73 Å². The van der Waals surface area contributed by atoms with Crippen LogP contribution in [0.1, 0.15) is 40.4 Å². The van der Waals surface area contributed by atoms with Crippen LogP contribution in [0.15, 0.2) is 34.9 Å². The number of amides is 2. The molecule has 0 unspecified atom stereocenters. The van der Waals surface area contributed by atoms with Crippen LogP contribution in [0.2, 0.25) is 0 Å². The first kappa shape index (κ1) is 18.8. The standard InChI is InChI=1S/C19H25N5O3/c1-23(2)17-8-5-14(12-21-17)22-13-4-3-10-24(11-9-13)19(26)16-7-6-15(27-16)18(20)25/h5-8,12-13,22H,3-4,9-11H2,1-2H3,(H2,20,25)/t13-/m1/s1. The Labute approximate surface area is 158 Å². The van der Waals surface area contributed by atoms with Crippen LogP contribution in [0, 0.1) is 0 Å². The van der Waals surface area contributed by atoms with Gasteiger partial charge in [-0.1, -0.05) is 0 Å². The van der Waals surface area contributed by atoms with Gasteiger partial charge in [0.2, 0.25) is 0 Å². The third-order valence-electron chi connectivity index (χ3n) is 4.65. The van der Waals surface area contributed by atoms with E-state index in [-0.39, 0.29) is 23.5 Å². The van der Waals surface area contributed by atoms with Crippen molar-refractivity contribution >= 4 is 23.3 Å². The maximum absolute atomic E-state index is 12.6. The summed E-state index contributed by atoms with van der Waals surface area (Å²) in [5.41, 5.74) is 6.15. The lowest BCUT2D eigenvalue weighted by molar-refractivity contribution is 0.0726. The monoisotopic (exact) mass is 371 g/mol. The number of nitrogens with two attached hydrogens (primary N) is 1. The Kier molecular flexibility index (Phi) is 5.63. The van der Waals surface area contributed by atoms with E-state index in [9.17, 15) is 9.59 Å². The normalized spacial score (nSPS) is 17.3. The van der Waals surface area contributed by atoms with Crippen LogP contribution in [-0.2, 0) is 0 Å². The van der Waals surface area contributed by atoms with Gasteiger partial charge in [0.25, 0.3) is 11.8 Å². The van der Waals surface area contributed by atoms with E-state index in [4.69, 9.17) is 10.2 Å². The molecule has 27 heavy (non-hydrogen) atoms. The van der Waals surface area contributed by atoms with E-state index in [1.54, 1.807) is 4.90 Å². The van der Waals surface area contributed by atoms with Crippen molar-refractivity contribution < 1.29 is 14.0 Å². The summed E-state index contributed by atoms with van der Waals surface area (Å²) in [7, 11) is 3.91. The fraction of sp³-hybridized carbons (Fsp3) is 0.421. The molecule has 0 aromatic carbocycles. The van der Waals surface area contributed by atoms with E-state index >= 15 is 0 Å². The van der Waals surface area contributed by atoms with Crippen molar-refractivity contribution in [2.45, 2.75) is 25.3 Å². The summed E-state index contributed by atoms with van der Waals surface area (Å²) in [4.78, 5) is 31.9. The van der Waals surface area contributed by atoms with Gasteiger partial charge in [-0.2, -0.15) is 0 Å². The van der Waals surface area contributed by atoms with Gasteiger partial charge in [-0.05, 0) is 43.5 Å². The summed E-state index contributed by atoms with van der Waals surface area (Å²) in [6.45, 7) is 1.27. The average molecular weight is 371 g/mol. The van der Waals surface area contributed by atoms with Crippen molar-refractivity contribution in [3.8, 4) is 0 Å². The number of nitrogens with one attached hydrogen (secondary N) is 1. The fourth-order valence-electron chi connectivity index (χ4n) is 3.16. The molecular weight excluding hydrogens is 346 g/mol. The Bertz CT molecular complexity index is 800. The first-order valence-electron chi connectivity index (χ1n) is 9.03. The molecule has 2 aromatic rings.